The lowest BCUT2D eigenvalue weighted by molar-refractivity contribution is 0.0955. The fraction of sp³-hybridized carbons (Fsp3) is 0.200. The van der Waals surface area contributed by atoms with Gasteiger partial charge in [0.25, 0.3) is 11.5 Å². The SMILES string of the molecule is C/C(=N/NC(=O)c1ccc2c(=O)n3c(nc2c1)CCC3)c1ccccc1Cl. The lowest BCUT2D eigenvalue weighted by Crippen LogP contribution is -2.22. The maximum atomic E-state index is 12.5. The van der Waals surface area contributed by atoms with Gasteiger partial charge in [0.15, 0.2) is 0 Å². The number of benzene rings is 2. The number of nitrogens with one attached hydrogen (secondary N) is 1. The summed E-state index contributed by atoms with van der Waals surface area (Å²) in [5.41, 5.74) is 4.77. The van der Waals surface area contributed by atoms with Crippen LogP contribution in [-0.4, -0.2) is 21.2 Å². The van der Waals surface area contributed by atoms with Crippen molar-refractivity contribution in [1.82, 2.24) is 15.0 Å². The second-order valence-electron chi connectivity index (χ2n) is 6.44. The molecule has 0 saturated heterocycles. The molecule has 3 aromatic rings. The van der Waals surface area contributed by atoms with Crippen LogP contribution in [-0.2, 0) is 13.0 Å². The van der Waals surface area contributed by atoms with Gasteiger partial charge in [0.1, 0.15) is 5.82 Å². The zero-order valence-electron chi connectivity index (χ0n) is 14.7. The number of nitrogens with zero attached hydrogens (tertiary/aromatic N) is 3. The molecular formula is C20H17ClN4O2. The summed E-state index contributed by atoms with van der Waals surface area (Å²) >= 11 is 6.14. The van der Waals surface area contributed by atoms with Crippen LogP contribution < -0.4 is 11.0 Å². The third-order valence-corrected chi connectivity index (χ3v) is 5.00. The molecule has 1 aromatic heterocycles. The molecule has 0 fully saturated rings. The Morgan fingerprint density at radius 1 is 1.26 bits per heavy atom. The molecule has 4 rings (SSSR count). The number of rotatable bonds is 3. The van der Waals surface area contributed by atoms with Gasteiger partial charge in [-0.25, -0.2) is 10.4 Å². The summed E-state index contributed by atoms with van der Waals surface area (Å²) in [6, 6.07) is 12.2. The number of aryl methyl sites for hydroxylation is 1. The Morgan fingerprint density at radius 3 is 2.89 bits per heavy atom. The van der Waals surface area contributed by atoms with E-state index in [1.807, 2.05) is 18.2 Å². The first kappa shape index (κ1) is 17.4. The first-order valence-corrected chi connectivity index (χ1v) is 9.05. The van der Waals surface area contributed by atoms with Gasteiger partial charge in [0.05, 0.1) is 16.6 Å². The molecule has 2 heterocycles. The predicted octanol–water partition coefficient (Wildman–Crippen LogP) is 3.15. The number of carbonyl (C=O) groups excluding carboxylic acids is 1. The van der Waals surface area contributed by atoms with Crippen LogP contribution in [0.15, 0.2) is 52.4 Å². The molecule has 0 aliphatic carbocycles. The van der Waals surface area contributed by atoms with E-state index in [0.717, 1.165) is 24.2 Å². The average Bonchev–Trinajstić information content (AvgIpc) is 3.14. The number of hydrogen-bond acceptors (Lipinski definition) is 4. The highest BCUT2D eigenvalue weighted by Crippen LogP contribution is 2.17. The largest absolute Gasteiger partial charge is 0.296 e. The van der Waals surface area contributed by atoms with Gasteiger partial charge in [0, 0.05) is 29.1 Å². The van der Waals surface area contributed by atoms with Crippen LogP contribution in [0.2, 0.25) is 5.02 Å². The summed E-state index contributed by atoms with van der Waals surface area (Å²) in [5.74, 6) is 0.406. The van der Waals surface area contributed by atoms with Gasteiger partial charge in [-0.1, -0.05) is 29.8 Å². The monoisotopic (exact) mass is 380 g/mol. The van der Waals surface area contributed by atoms with Crippen LogP contribution in [0.1, 0.15) is 35.1 Å². The third-order valence-electron chi connectivity index (χ3n) is 4.67. The Kier molecular flexibility index (Phi) is 4.49. The molecule has 1 N–H and O–H groups in total. The molecule has 0 bridgehead atoms. The van der Waals surface area contributed by atoms with E-state index in [2.05, 4.69) is 15.5 Å². The quantitative estimate of drug-likeness (QED) is 0.560. The number of amides is 1. The number of carbonyl (C=O) groups is 1. The van der Waals surface area contributed by atoms with Crippen LogP contribution in [0.5, 0.6) is 0 Å². The molecular weight excluding hydrogens is 364 g/mol. The van der Waals surface area contributed by atoms with Gasteiger partial charge in [0.2, 0.25) is 0 Å². The number of aromatic nitrogens is 2. The van der Waals surface area contributed by atoms with Crippen molar-refractivity contribution in [3.63, 3.8) is 0 Å². The van der Waals surface area contributed by atoms with Crippen LogP contribution in [0.4, 0.5) is 0 Å². The van der Waals surface area contributed by atoms with Crippen LogP contribution >= 0.6 is 11.6 Å². The molecule has 0 radical (unpaired) electrons. The van der Waals surface area contributed by atoms with Crippen LogP contribution in [0.25, 0.3) is 10.9 Å². The Labute approximate surface area is 160 Å². The number of hydrazone groups is 1. The third kappa shape index (κ3) is 3.24. The van der Waals surface area contributed by atoms with E-state index in [-0.39, 0.29) is 11.5 Å². The van der Waals surface area contributed by atoms with Crippen molar-refractivity contribution in [1.29, 1.82) is 0 Å². The molecule has 27 heavy (non-hydrogen) atoms. The van der Waals surface area contributed by atoms with Crippen LogP contribution in [0.3, 0.4) is 0 Å². The van der Waals surface area contributed by atoms with Gasteiger partial charge in [-0.3, -0.25) is 14.2 Å². The predicted molar refractivity (Wildman–Crippen MR) is 105 cm³/mol. The number of hydrogen-bond donors (Lipinski definition) is 1. The second kappa shape index (κ2) is 6.96. The minimum Gasteiger partial charge on any atom is -0.296 e. The van der Waals surface area contributed by atoms with Gasteiger partial charge in [-0.15, -0.1) is 0 Å². The zero-order valence-corrected chi connectivity index (χ0v) is 15.5. The lowest BCUT2D eigenvalue weighted by atomic mass is 10.1. The molecule has 0 unspecified atom stereocenters. The number of fused-ring (bicyclic) bond motifs is 2. The van der Waals surface area contributed by atoms with E-state index >= 15 is 0 Å². The highest BCUT2D eigenvalue weighted by molar-refractivity contribution is 6.34. The molecule has 136 valence electrons. The molecule has 2 aromatic carbocycles. The first-order valence-electron chi connectivity index (χ1n) is 8.67. The molecule has 0 saturated carbocycles. The van der Waals surface area contributed by atoms with E-state index in [4.69, 9.17) is 11.6 Å². The fourth-order valence-corrected chi connectivity index (χ4v) is 3.51. The zero-order chi connectivity index (χ0) is 19.0. The van der Waals surface area contributed by atoms with E-state index in [1.165, 1.54) is 0 Å². The summed E-state index contributed by atoms with van der Waals surface area (Å²) in [7, 11) is 0. The van der Waals surface area contributed by atoms with Crippen molar-refractivity contribution in [2.45, 2.75) is 26.3 Å². The molecule has 1 amide bonds. The van der Waals surface area contributed by atoms with Crippen molar-refractivity contribution in [3.05, 3.63) is 74.8 Å². The average molecular weight is 381 g/mol. The second-order valence-corrected chi connectivity index (χ2v) is 6.85. The van der Waals surface area contributed by atoms with E-state index in [1.54, 1.807) is 35.8 Å². The number of halogens is 1. The molecule has 6 nitrogen and oxygen atoms in total. The van der Waals surface area contributed by atoms with Gasteiger partial charge in [-0.05, 0) is 37.6 Å². The summed E-state index contributed by atoms with van der Waals surface area (Å²) in [4.78, 5) is 29.5. The molecule has 7 heteroatoms. The van der Waals surface area contributed by atoms with Gasteiger partial charge >= 0.3 is 0 Å². The topological polar surface area (TPSA) is 76.3 Å². The highest BCUT2D eigenvalue weighted by Gasteiger charge is 2.17. The highest BCUT2D eigenvalue weighted by atomic mass is 35.5. The summed E-state index contributed by atoms with van der Waals surface area (Å²) in [5, 5.41) is 5.22. The summed E-state index contributed by atoms with van der Waals surface area (Å²) in [6.45, 7) is 2.48. The minimum atomic E-state index is -0.370. The Hall–Kier alpha value is -2.99. The molecule has 1 aliphatic heterocycles. The van der Waals surface area contributed by atoms with Crippen molar-refractivity contribution in [2.75, 3.05) is 0 Å². The van der Waals surface area contributed by atoms with Crippen molar-refractivity contribution >= 4 is 34.1 Å². The molecule has 0 atom stereocenters. The summed E-state index contributed by atoms with van der Waals surface area (Å²) in [6.07, 6.45) is 1.70. The van der Waals surface area contributed by atoms with E-state index in [9.17, 15) is 9.59 Å². The van der Waals surface area contributed by atoms with Gasteiger partial charge < -0.3 is 0 Å². The lowest BCUT2D eigenvalue weighted by Gasteiger charge is -2.07. The maximum absolute atomic E-state index is 12.5. The summed E-state index contributed by atoms with van der Waals surface area (Å²) < 4.78 is 1.71. The Morgan fingerprint density at radius 2 is 2.07 bits per heavy atom. The fourth-order valence-electron chi connectivity index (χ4n) is 3.24. The van der Waals surface area contributed by atoms with E-state index < -0.39 is 0 Å². The van der Waals surface area contributed by atoms with Gasteiger partial charge in [-0.2, -0.15) is 5.10 Å². The van der Waals surface area contributed by atoms with Crippen molar-refractivity contribution in [2.24, 2.45) is 5.10 Å². The van der Waals surface area contributed by atoms with Crippen LogP contribution in [0, 0.1) is 0 Å². The first-order chi connectivity index (χ1) is 13.0. The van der Waals surface area contributed by atoms with Crippen molar-refractivity contribution < 1.29 is 4.79 Å². The Balaban J connectivity index is 1.62. The minimum absolute atomic E-state index is 0.0490. The standard InChI is InChI=1S/C20H17ClN4O2/c1-12(14-5-2-3-6-16(14)21)23-24-19(26)13-8-9-15-17(11-13)22-18-7-4-10-25(18)20(15)27/h2-3,5-6,8-9,11H,4,7,10H2,1H3,(H,24,26)/b23-12-. The Bertz CT molecular complexity index is 1150. The molecule has 1 aliphatic rings. The van der Waals surface area contributed by atoms with E-state index in [0.29, 0.717) is 33.7 Å². The molecule has 0 spiro atoms. The maximum Gasteiger partial charge on any atom is 0.271 e. The van der Waals surface area contributed by atoms with Crippen molar-refractivity contribution in [3.8, 4) is 0 Å². The normalized spacial score (nSPS) is 13.6. The smallest absolute Gasteiger partial charge is 0.271 e.